The fourth-order valence-corrected chi connectivity index (χ4v) is 1.50. The van der Waals surface area contributed by atoms with E-state index in [9.17, 15) is 0 Å². The Morgan fingerprint density at radius 1 is 1.14 bits per heavy atom. The molecule has 0 amide bonds. The number of nitrogens with zero attached hydrogens (tertiary/aromatic N) is 1. The Bertz CT molecular complexity index is 452. The third-order valence-electron chi connectivity index (χ3n) is 2.45. The van der Waals surface area contributed by atoms with Crippen LogP contribution in [0.4, 0.5) is 0 Å². The average Bonchev–Trinajstić information content (AvgIpc) is 2.16. The lowest BCUT2D eigenvalue weighted by atomic mass is 9.86. The van der Waals surface area contributed by atoms with E-state index in [0.29, 0.717) is 0 Å². The molecule has 0 bridgehead atoms. The molecule has 2 aromatic rings. The maximum Gasteiger partial charge on any atom is 0.0892 e. The first-order chi connectivity index (χ1) is 6.57. The van der Waals surface area contributed by atoms with Gasteiger partial charge in [-0.1, -0.05) is 32.9 Å². The highest BCUT2D eigenvalue weighted by Crippen LogP contribution is 2.25. The van der Waals surface area contributed by atoms with Gasteiger partial charge in [-0.3, -0.25) is 4.98 Å². The molecule has 1 aromatic carbocycles. The van der Waals surface area contributed by atoms with Crippen LogP contribution < -0.4 is 0 Å². The summed E-state index contributed by atoms with van der Waals surface area (Å²) in [4.78, 5) is 4.01. The van der Waals surface area contributed by atoms with Crippen LogP contribution >= 0.6 is 0 Å². The van der Waals surface area contributed by atoms with Crippen molar-refractivity contribution in [3.63, 3.8) is 0 Å². The van der Waals surface area contributed by atoms with Crippen LogP contribution in [0.25, 0.3) is 10.8 Å². The van der Waals surface area contributed by atoms with Gasteiger partial charge < -0.3 is 0 Å². The van der Waals surface area contributed by atoms with Crippen molar-refractivity contribution >= 4 is 10.8 Å². The summed E-state index contributed by atoms with van der Waals surface area (Å²) in [7, 11) is 0. The van der Waals surface area contributed by atoms with Crippen molar-refractivity contribution in [3.8, 4) is 0 Å². The minimum Gasteiger partial charge on any atom is -0.254 e. The van der Waals surface area contributed by atoms with Crippen molar-refractivity contribution in [3.05, 3.63) is 42.2 Å². The summed E-state index contributed by atoms with van der Waals surface area (Å²) in [6, 6.07) is 8.43. The van der Waals surface area contributed by atoms with Crippen LogP contribution in [0, 0.1) is 6.20 Å². The molecule has 0 aliphatic rings. The zero-order valence-corrected chi connectivity index (χ0v) is 8.83. The van der Waals surface area contributed by atoms with Crippen LogP contribution in [-0.4, -0.2) is 4.98 Å². The second-order valence-electron chi connectivity index (χ2n) is 4.63. The number of hydrogen-bond acceptors (Lipinski definition) is 1. The number of fused-ring (bicyclic) bond motifs is 1. The molecule has 1 heteroatoms. The summed E-state index contributed by atoms with van der Waals surface area (Å²) in [5.41, 5.74) is 1.55. The maximum atomic E-state index is 4.01. The standard InChI is InChI=1S/C13H14N/c1-13(2,3)12-5-4-10-6-7-14-9-11(10)8-12/h4-6,8-9H,1-3H3. The lowest BCUT2D eigenvalue weighted by Gasteiger charge is -2.19. The van der Waals surface area contributed by atoms with E-state index in [1.807, 2.05) is 12.3 Å². The normalized spacial score (nSPS) is 11.9. The lowest BCUT2D eigenvalue weighted by Crippen LogP contribution is -2.10. The topological polar surface area (TPSA) is 12.9 Å². The minimum atomic E-state index is 0.202. The predicted molar refractivity (Wildman–Crippen MR) is 59.3 cm³/mol. The van der Waals surface area contributed by atoms with E-state index in [1.54, 1.807) is 0 Å². The van der Waals surface area contributed by atoms with E-state index in [4.69, 9.17) is 0 Å². The van der Waals surface area contributed by atoms with Crippen LogP contribution in [-0.2, 0) is 5.41 Å². The zero-order chi connectivity index (χ0) is 10.2. The van der Waals surface area contributed by atoms with E-state index >= 15 is 0 Å². The molecule has 1 radical (unpaired) electrons. The van der Waals surface area contributed by atoms with Gasteiger partial charge in [0.2, 0.25) is 0 Å². The van der Waals surface area contributed by atoms with Crippen LogP contribution in [0.3, 0.4) is 0 Å². The number of benzene rings is 1. The van der Waals surface area contributed by atoms with E-state index in [2.05, 4.69) is 50.2 Å². The smallest absolute Gasteiger partial charge is 0.0892 e. The molecular formula is C13H14N. The van der Waals surface area contributed by atoms with Crippen molar-refractivity contribution in [1.29, 1.82) is 0 Å². The van der Waals surface area contributed by atoms with Crippen LogP contribution in [0.1, 0.15) is 26.3 Å². The Hall–Kier alpha value is -1.37. The first-order valence-electron chi connectivity index (χ1n) is 4.84. The van der Waals surface area contributed by atoms with Gasteiger partial charge in [-0.2, -0.15) is 0 Å². The Morgan fingerprint density at radius 3 is 2.64 bits per heavy atom. The summed E-state index contributed by atoms with van der Waals surface area (Å²) in [6.07, 6.45) is 4.71. The highest BCUT2D eigenvalue weighted by atomic mass is 14.6. The summed E-state index contributed by atoms with van der Waals surface area (Å²) in [5.74, 6) is 0. The van der Waals surface area contributed by atoms with Crippen molar-refractivity contribution in [2.75, 3.05) is 0 Å². The van der Waals surface area contributed by atoms with E-state index in [-0.39, 0.29) is 5.41 Å². The number of rotatable bonds is 0. The number of pyridine rings is 1. The molecule has 0 unspecified atom stereocenters. The molecule has 0 N–H and O–H groups in total. The molecule has 0 spiro atoms. The molecular weight excluding hydrogens is 170 g/mol. The second-order valence-corrected chi connectivity index (χ2v) is 4.63. The molecule has 1 heterocycles. The molecule has 0 atom stereocenters. The minimum absolute atomic E-state index is 0.202. The molecule has 0 fully saturated rings. The van der Waals surface area contributed by atoms with E-state index < -0.39 is 0 Å². The Kier molecular flexibility index (Phi) is 2.03. The molecule has 0 aliphatic carbocycles. The largest absolute Gasteiger partial charge is 0.254 e. The average molecular weight is 184 g/mol. The molecule has 1 aromatic heterocycles. The lowest BCUT2D eigenvalue weighted by molar-refractivity contribution is 0.591. The molecule has 0 saturated heterocycles. The highest BCUT2D eigenvalue weighted by Gasteiger charge is 2.13. The number of aromatic nitrogens is 1. The monoisotopic (exact) mass is 184 g/mol. The van der Waals surface area contributed by atoms with Gasteiger partial charge in [0.1, 0.15) is 0 Å². The zero-order valence-electron chi connectivity index (χ0n) is 8.83. The SMILES string of the molecule is CC(C)(C)c1ccc2c[c]ncc2c1. The first kappa shape index (κ1) is 9.20. The third-order valence-corrected chi connectivity index (χ3v) is 2.45. The van der Waals surface area contributed by atoms with Gasteiger partial charge in [-0.05, 0) is 28.5 Å². The Morgan fingerprint density at radius 2 is 1.93 bits per heavy atom. The molecule has 1 nitrogen and oxygen atoms in total. The molecule has 0 saturated carbocycles. The summed E-state index contributed by atoms with van der Waals surface area (Å²) < 4.78 is 0. The van der Waals surface area contributed by atoms with Crippen molar-refractivity contribution in [2.45, 2.75) is 26.2 Å². The summed E-state index contributed by atoms with van der Waals surface area (Å²) in [6.45, 7) is 6.66. The van der Waals surface area contributed by atoms with Gasteiger partial charge in [0.15, 0.2) is 0 Å². The van der Waals surface area contributed by atoms with Gasteiger partial charge in [0, 0.05) is 11.6 Å². The number of hydrogen-bond donors (Lipinski definition) is 0. The Balaban J connectivity index is 2.63. The second kappa shape index (κ2) is 3.09. The van der Waals surface area contributed by atoms with E-state index in [1.165, 1.54) is 16.3 Å². The summed E-state index contributed by atoms with van der Waals surface area (Å²) >= 11 is 0. The summed E-state index contributed by atoms with van der Waals surface area (Å²) in [5, 5.41) is 2.39. The van der Waals surface area contributed by atoms with Gasteiger partial charge in [0.05, 0.1) is 6.20 Å². The quantitative estimate of drug-likeness (QED) is 0.612. The molecule has 2 rings (SSSR count). The van der Waals surface area contributed by atoms with Crippen LogP contribution in [0.15, 0.2) is 30.5 Å². The van der Waals surface area contributed by atoms with Gasteiger partial charge in [0.25, 0.3) is 0 Å². The van der Waals surface area contributed by atoms with Crippen LogP contribution in [0.2, 0.25) is 0 Å². The van der Waals surface area contributed by atoms with Crippen LogP contribution in [0.5, 0.6) is 0 Å². The van der Waals surface area contributed by atoms with Gasteiger partial charge in [-0.25, -0.2) is 0 Å². The van der Waals surface area contributed by atoms with Gasteiger partial charge in [-0.15, -0.1) is 0 Å². The molecule has 71 valence electrons. The highest BCUT2D eigenvalue weighted by molar-refractivity contribution is 5.82. The first-order valence-corrected chi connectivity index (χ1v) is 4.84. The van der Waals surface area contributed by atoms with Crippen molar-refractivity contribution < 1.29 is 0 Å². The molecule has 0 aliphatic heterocycles. The fourth-order valence-electron chi connectivity index (χ4n) is 1.50. The van der Waals surface area contributed by atoms with Crippen molar-refractivity contribution in [2.24, 2.45) is 0 Å². The molecule has 14 heavy (non-hydrogen) atoms. The van der Waals surface area contributed by atoms with Gasteiger partial charge >= 0.3 is 0 Å². The fraction of sp³-hybridized carbons (Fsp3) is 0.308. The predicted octanol–water partition coefficient (Wildman–Crippen LogP) is 3.33. The van der Waals surface area contributed by atoms with E-state index in [0.717, 1.165) is 0 Å². The maximum absolute atomic E-state index is 4.01. The Labute approximate surface area is 84.8 Å². The third kappa shape index (κ3) is 1.63. The van der Waals surface area contributed by atoms with Crippen molar-refractivity contribution in [1.82, 2.24) is 4.98 Å².